The molecule has 0 aliphatic heterocycles. The Labute approximate surface area is 154 Å². The summed E-state index contributed by atoms with van der Waals surface area (Å²) in [5.74, 6) is -0.0320. The van der Waals surface area contributed by atoms with Gasteiger partial charge in [0.1, 0.15) is 5.60 Å². The Hall–Kier alpha value is -1.62. The Kier molecular flexibility index (Phi) is 6.09. The molecule has 0 unspecified atom stereocenters. The van der Waals surface area contributed by atoms with Gasteiger partial charge in [-0.25, -0.2) is 0 Å². The van der Waals surface area contributed by atoms with Crippen LogP contribution in [0.3, 0.4) is 0 Å². The number of aliphatic hydroxyl groups is 1. The summed E-state index contributed by atoms with van der Waals surface area (Å²) in [6, 6.07) is 15.1. The molecular formula is C21H26O3S. The first-order chi connectivity index (χ1) is 11.7. The lowest BCUT2D eigenvalue weighted by Crippen LogP contribution is -2.45. The molecule has 0 radical (unpaired) electrons. The van der Waals surface area contributed by atoms with Crippen LogP contribution in [0.25, 0.3) is 0 Å². The van der Waals surface area contributed by atoms with Crippen molar-refractivity contribution in [2.45, 2.75) is 57.1 Å². The lowest BCUT2D eigenvalue weighted by Gasteiger charge is -2.36. The lowest BCUT2D eigenvalue weighted by molar-refractivity contribution is -0.0813. The van der Waals surface area contributed by atoms with Crippen molar-refractivity contribution in [1.29, 1.82) is 0 Å². The minimum Gasteiger partial charge on any atom is -0.387 e. The van der Waals surface area contributed by atoms with Gasteiger partial charge in [0, 0.05) is 28.1 Å². The second-order valence-electron chi connectivity index (χ2n) is 7.11. The van der Waals surface area contributed by atoms with Crippen molar-refractivity contribution in [3.8, 4) is 0 Å². The largest absolute Gasteiger partial charge is 0.387 e. The van der Waals surface area contributed by atoms with Crippen molar-refractivity contribution in [1.82, 2.24) is 0 Å². The third-order valence-electron chi connectivity index (χ3n) is 4.57. The monoisotopic (exact) mass is 358 g/mol. The Morgan fingerprint density at radius 1 is 1.04 bits per heavy atom. The highest BCUT2D eigenvalue weighted by Crippen LogP contribution is 2.34. The molecule has 4 heteroatoms. The fourth-order valence-corrected chi connectivity index (χ4v) is 2.91. The minimum absolute atomic E-state index is 0.0320. The fourth-order valence-electron chi connectivity index (χ4n) is 2.03. The Morgan fingerprint density at radius 3 is 2.20 bits per heavy atom. The van der Waals surface area contributed by atoms with Crippen molar-refractivity contribution < 1.29 is 14.1 Å². The average Bonchev–Trinajstić information content (AvgIpc) is 2.59. The number of hydrogen-bond acceptors (Lipinski definition) is 4. The number of hydrogen-bond donors (Lipinski definition) is 1. The van der Waals surface area contributed by atoms with Gasteiger partial charge in [0.15, 0.2) is 5.78 Å². The summed E-state index contributed by atoms with van der Waals surface area (Å²) >= 11 is 1.13. The number of carbonyl (C=O) groups is 1. The third-order valence-corrected chi connectivity index (χ3v) is 5.60. The molecule has 0 spiro atoms. The van der Waals surface area contributed by atoms with Crippen LogP contribution in [0.15, 0.2) is 53.4 Å². The first kappa shape index (κ1) is 19.7. The molecule has 25 heavy (non-hydrogen) atoms. The molecule has 0 saturated heterocycles. The van der Waals surface area contributed by atoms with E-state index in [-0.39, 0.29) is 5.78 Å². The van der Waals surface area contributed by atoms with Crippen LogP contribution in [-0.2, 0) is 10.6 Å². The quantitative estimate of drug-likeness (QED) is 0.555. The smallest absolute Gasteiger partial charge is 0.194 e. The molecule has 0 aromatic heterocycles. The molecule has 0 aliphatic rings. The van der Waals surface area contributed by atoms with E-state index in [0.29, 0.717) is 11.1 Å². The fraction of sp³-hybridized carbons (Fsp3) is 0.381. The van der Waals surface area contributed by atoms with Gasteiger partial charge in [0.25, 0.3) is 0 Å². The molecule has 0 bridgehead atoms. The summed E-state index contributed by atoms with van der Waals surface area (Å²) in [5.41, 5.74) is 0.690. The molecule has 0 aliphatic carbocycles. The number of ketones is 1. The Morgan fingerprint density at radius 2 is 1.64 bits per heavy atom. The molecule has 2 aromatic rings. The van der Waals surface area contributed by atoms with Crippen LogP contribution in [0.4, 0.5) is 0 Å². The zero-order valence-corrected chi connectivity index (χ0v) is 16.3. The summed E-state index contributed by atoms with van der Waals surface area (Å²) < 4.78 is 5.86. The van der Waals surface area contributed by atoms with Crippen molar-refractivity contribution in [2.24, 2.45) is 0 Å². The first-order valence-corrected chi connectivity index (χ1v) is 9.20. The normalized spacial score (nSPS) is 12.2. The molecule has 3 nitrogen and oxygen atoms in total. The maximum Gasteiger partial charge on any atom is 0.194 e. The zero-order valence-electron chi connectivity index (χ0n) is 15.5. The zero-order chi connectivity index (χ0) is 18.7. The van der Waals surface area contributed by atoms with Crippen molar-refractivity contribution in [3.05, 3.63) is 65.2 Å². The highest BCUT2D eigenvalue weighted by atomic mass is 32.2. The molecular weight excluding hydrogens is 332 g/mol. The summed E-state index contributed by atoms with van der Waals surface area (Å²) in [4.78, 5) is 13.6. The van der Waals surface area contributed by atoms with E-state index >= 15 is 0 Å². The summed E-state index contributed by atoms with van der Waals surface area (Å²) in [7, 11) is 0. The summed E-state index contributed by atoms with van der Waals surface area (Å²) in [6.45, 7) is 9.16. The second-order valence-corrected chi connectivity index (χ2v) is 7.88. The molecule has 0 heterocycles. The third kappa shape index (κ3) is 4.72. The standard InChI is InChI=1S/C21H26O3S/c1-6-15-11-13-16(14-12-15)19(22)17-9-7-8-10-18(17)25-24-21(4,5)20(2,3)23/h7-14,23H,6H2,1-5H3. The molecule has 2 rings (SSSR count). The average molecular weight is 359 g/mol. The summed E-state index contributed by atoms with van der Waals surface area (Å²) in [5, 5.41) is 10.2. The number of carbonyl (C=O) groups excluding carboxylic acids is 1. The van der Waals surface area contributed by atoms with E-state index in [1.165, 1.54) is 5.56 Å². The predicted molar refractivity (Wildman–Crippen MR) is 103 cm³/mol. The van der Waals surface area contributed by atoms with Gasteiger partial charge < -0.3 is 9.29 Å². The van der Waals surface area contributed by atoms with Gasteiger partial charge in [-0.15, -0.1) is 0 Å². The molecule has 1 N–H and O–H groups in total. The number of aryl methyl sites for hydroxylation is 1. The predicted octanol–water partition coefficient (Wildman–Crippen LogP) is 5.05. The second kappa shape index (κ2) is 7.73. The molecule has 134 valence electrons. The number of rotatable bonds is 7. The van der Waals surface area contributed by atoms with Crippen molar-refractivity contribution >= 4 is 17.8 Å². The van der Waals surface area contributed by atoms with E-state index in [0.717, 1.165) is 23.4 Å². The van der Waals surface area contributed by atoms with Crippen LogP contribution in [-0.4, -0.2) is 22.1 Å². The van der Waals surface area contributed by atoms with Crippen LogP contribution >= 0.6 is 12.0 Å². The SMILES string of the molecule is CCc1ccc(C(=O)c2ccccc2SOC(C)(C)C(C)(C)O)cc1. The topological polar surface area (TPSA) is 46.5 Å². The van der Waals surface area contributed by atoms with Crippen molar-refractivity contribution in [2.75, 3.05) is 0 Å². The molecule has 0 saturated carbocycles. The van der Waals surface area contributed by atoms with Crippen molar-refractivity contribution in [3.63, 3.8) is 0 Å². The highest BCUT2D eigenvalue weighted by molar-refractivity contribution is 7.94. The van der Waals surface area contributed by atoms with Gasteiger partial charge in [-0.3, -0.25) is 4.79 Å². The van der Waals surface area contributed by atoms with Gasteiger partial charge in [-0.1, -0.05) is 43.3 Å². The van der Waals surface area contributed by atoms with Crippen LogP contribution in [0.1, 0.15) is 56.1 Å². The highest BCUT2D eigenvalue weighted by Gasteiger charge is 2.37. The van der Waals surface area contributed by atoms with E-state index in [1.54, 1.807) is 19.9 Å². The van der Waals surface area contributed by atoms with Gasteiger partial charge in [0.2, 0.25) is 0 Å². The number of benzene rings is 2. The van der Waals surface area contributed by atoms with Gasteiger partial charge in [-0.05, 0) is 51.8 Å². The van der Waals surface area contributed by atoms with E-state index in [1.807, 2.05) is 56.3 Å². The maximum atomic E-state index is 12.9. The molecule has 2 aromatic carbocycles. The first-order valence-electron chi connectivity index (χ1n) is 8.46. The van der Waals surface area contributed by atoms with E-state index < -0.39 is 11.2 Å². The van der Waals surface area contributed by atoms with Gasteiger partial charge in [0.05, 0.1) is 5.60 Å². The van der Waals surface area contributed by atoms with E-state index in [9.17, 15) is 9.90 Å². The van der Waals surface area contributed by atoms with Crippen LogP contribution in [0, 0.1) is 0 Å². The van der Waals surface area contributed by atoms with E-state index in [4.69, 9.17) is 4.18 Å². The Bertz CT molecular complexity index is 728. The molecule has 0 atom stereocenters. The molecule has 0 amide bonds. The Balaban J connectivity index is 2.24. The van der Waals surface area contributed by atoms with Crippen LogP contribution in [0.2, 0.25) is 0 Å². The minimum atomic E-state index is -1.01. The maximum absolute atomic E-state index is 12.9. The van der Waals surface area contributed by atoms with Crippen LogP contribution in [0.5, 0.6) is 0 Å². The summed E-state index contributed by atoms with van der Waals surface area (Å²) in [6.07, 6.45) is 0.945. The van der Waals surface area contributed by atoms with Gasteiger partial charge in [-0.2, -0.15) is 0 Å². The van der Waals surface area contributed by atoms with Gasteiger partial charge >= 0.3 is 0 Å². The molecule has 0 fully saturated rings. The lowest BCUT2D eigenvalue weighted by atomic mass is 9.90. The van der Waals surface area contributed by atoms with E-state index in [2.05, 4.69) is 6.92 Å². The van der Waals surface area contributed by atoms with Crippen LogP contribution < -0.4 is 0 Å².